The molecule has 0 saturated carbocycles. The molecule has 4 nitrogen and oxygen atoms in total. The highest BCUT2D eigenvalue weighted by Gasteiger charge is 2.21. The maximum Gasteiger partial charge on any atom is 0.162 e. The van der Waals surface area contributed by atoms with E-state index in [0.717, 1.165) is 48.8 Å². The third-order valence-corrected chi connectivity index (χ3v) is 4.17. The molecule has 1 aromatic rings. The third kappa shape index (κ3) is 4.25. The van der Waals surface area contributed by atoms with Crippen molar-refractivity contribution < 1.29 is 14.2 Å². The van der Waals surface area contributed by atoms with Gasteiger partial charge in [0, 0.05) is 31.3 Å². The van der Waals surface area contributed by atoms with Gasteiger partial charge in [0.05, 0.1) is 19.8 Å². The van der Waals surface area contributed by atoms with Crippen molar-refractivity contribution in [3.05, 3.63) is 22.7 Å². The number of benzene rings is 1. The first-order chi connectivity index (χ1) is 10.2. The normalized spacial score (nSPS) is 19.5. The summed E-state index contributed by atoms with van der Waals surface area (Å²) in [7, 11) is 3.43. The van der Waals surface area contributed by atoms with Crippen LogP contribution in [0.2, 0.25) is 5.02 Å². The van der Waals surface area contributed by atoms with E-state index in [0.29, 0.717) is 18.5 Å². The first-order valence-electron chi connectivity index (χ1n) is 7.42. The van der Waals surface area contributed by atoms with Crippen LogP contribution in [0, 0.1) is 0 Å². The Morgan fingerprint density at radius 1 is 1.29 bits per heavy atom. The molecular formula is C16H24ClNO3. The van der Waals surface area contributed by atoms with Crippen molar-refractivity contribution in [1.82, 2.24) is 4.90 Å². The summed E-state index contributed by atoms with van der Waals surface area (Å²) in [4.78, 5) is 2.37. The molecule has 2 rings (SSSR count). The molecule has 0 spiro atoms. The summed E-state index contributed by atoms with van der Waals surface area (Å²) >= 11 is 6.39. The molecule has 1 heterocycles. The Balaban J connectivity index is 2.12. The van der Waals surface area contributed by atoms with E-state index in [1.165, 1.54) is 0 Å². The van der Waals surface area contributed by atoms with Crippen molar-refractivity contribution in [3.63, 3.8) is 0 Å². The zero-order valence-electron chi connectivity index (χ0n) is 13.0. The van der Waals surface area contributed by atoms with Crippen molar-refractivity contribution in [1.29, 1.82) is 0 Å². The maximum absolute atomic E-state index is 6.39. The van der Waals surface area contributed by atoms with E-state index in [1.54, 1.807) is 14.2 Å². The SMILES string of the molecule is CCOc1cc(Cl)c(CN2CCC[C@@H](OC)C2)cc1OC. The molecule has 21 heavy (non-hydrogen) atoms. The molecule has 0 aromatic heterocycles. The molecule has 1 aliphatic rings. The van der Waals surface area contributed by atoms with Crippen molar-refractivity contribution in [2.75, 3.05) is 33.9 Å². The van der Waals surface area contributed by atoms with E-state index >= 15 is 0 Å². The van der Waals surface area contributed by atoms with Gasteiger partial charge in [-0.05, 0) is 37.9 Å². The van der Waals surface area contributed by atoms with Gasteiger partial charge in [-0.15, -0.1) is 0 Å². The van der Waals surface area contributed by atoms with Crippen LogP contribution in [0.15, 0.2) is 12.1 Å². The fourth-order valence-electron chi connectivity index (χ4n) is 2.72. The summed E-state index contributed by atoms with van der Waals surface area (Å²) in [5.74, 6) is 1.43. The van der Waals surface area contributed by atoms with E-state index in [4.69, 9.17) is 25.8 Å². The number of halogens is 1. The highest BCUT2D eigenvalue weighted by Crippen LogP contribution is 2.34. The fraction of sp³-hybridized carbons (Fsp3) is 0.625. The van der Waals surface area contributed by atoms with Crippen LogP contribution in [0.5, 0.6) is 11.5 Å². The summed E-state index contributed by atoms with van der Waals surface area (Å²) in [6, 6.07) is 3.82. The first kappa shape index (κ1) is 16.4. The molecular weight excluding hydrogens is 290 g/mol. The number of methoxy groups -OCH3 is 2. The second-order valence-corrected chi connectivity index (χ2v) is 5.67. The van der Waals surface area contributed by atoms with Gasteiger partial charge in [0.1, 0.15) is 0 Å². The van der Waals surface area contributed by atoms with Crippen molar-refractivity contribution >= 4 is 11.6 Å². The van der Waals surface area contributed by atoms with Gasteiger partial charge < -0.3 is 14.2 Å². The zero-order valence-corrected chi connectivity index (χ0v) is 13.8. The lowest BCUT2D eigenvalue weighted by molar-refractivity contribution is 0.0285. The van der Waals surface area contributed by atoms with E-state index < -0.39 is 0 Å². The largest absolute Gasteiger partial charge is 0.493 e. The maximum atomic E-state index is 6.39. The van der Waals surface area contributed by atoms with Crippen LogP contribution < -0.4 is 9.47 Å². The predicted octanol–water partition coefficient (Wildman–Crippen LogP) is 3.36. The van der Waals surface area contributed by atoms with Gasteiger partial charge in [0.15, 0.2) is 11.5 Å². The number of hydrogen-bond acceptors (Lipinski definition) is 4. The minimum absolute atomic E-state index is 0.321. The first-order valence-corrected chi connectivity index (χ1v) is 7.80. The third-order valence-electron chi connectivity index (χ3n) is 3.82. The summed E-state index contributed by atoms with van der Waals surface area (Å²) in [6.07, 6.45) is 2.61. The number of rotatable bonds is 6. The molecule has 0 amide bonds. The summed E-state index contributed by atoms with van der Waals surface area (Å²) in [6.45, 7) is 5.36. The van der Waals surface area contributed by atoms with Crippen molar-refractivity contribution in [3.8, 4) is 11.5 Å². The van der Waals surface area contributed by atoms with E-state index in [2.05, 4.69) is 4.90 Å². The van der Waals surface area contributed by atoms with Crippen LogP contribution in [-0.2, 0) is 11.3 Å². The molecule has 1 fully saturated rings. The monoisotopic (exact) mass is 313 g/mol. The van der Waals surface area contributed by atoms with E-state index in [9.17, 15) is 0 Å². The number of ether oxygens (including phenoxy) is 3. The number of hydrogen-bond donors (Lipinski definition) is 0. The second kappa shape index (κ2) is 7.87. The highest BCUT2D eigenvalue weighted by atomic mass is 35.5. The summed E-state index contributed by atoms with van der Waals surface area (Å²) in [5, 5.41) is 0.721. The summed E-state index contributed by atoms with van der Waals surface area (Å²) < 4.78 is 16.4. The van der Waals surface area contributed by atoms with Crippen LogP contribution in [-0.4, -0.2) is 44.9 Å². The fourth-order valence-corrected chi connectivity index (χ4v) is 2.93. The lowest BCUT2D eigenvalue weighted by atomic mass is 10.1. The Morgan fingerprint density at radius 3 is 2.76 bits per heavy atom. The molecule has 0 bridgehead atoms. The van der Waals surface area contributed by atoms with E-state index in [1.807, 2.05) is 19.1 Å². The molecule has 118 valence electrons. The van der Waals surface area contributed by atoms with Gasteiger partial charge in [-0.25, -0.2) is 0 Å². The lowest BCUT2D eigenvalue weighted by Gasteiger charge is -2.32. The van der Waals surface area contributed by atoms with Crippen molar-refractivity contribution in [2.24, 2.45) is 0 Å². The van der Waals surface area contributed by atoms with Gasteiger partial charge in [-0.1, -0.05) is 11.6 Å². The molecule has 0 radical (unpaired) electrons. The van der Waals surface area contributed by atoms with Crippen LogP contribution in [0.25, 0.3) is 0 Å². The van der Waals surface area contributed by atoms with Gasteiger partial charge in [0.25, 0.3) is 0 Å². The van der Waals surface area contributed by atoms with E-state index in [-0.39, 0.29) is 0 Å². The molecule has 0 unspecified atom stereocenters. The van der Waals surface area contributed by atoms with Crippen LogP contribution in [0.1, 0.15) is 25.3 Å². The quantitative estimate of drug-likeness (QED) is 0.806. The number of piperidine rings is 1. The smallest absolute Gasteiger partial charge is 0.162 e. The molecule has 5 heteroatoms. The Morgan fingerprint density at radius 2 is 2.10 bits per heavy atom. The van der Waals surface area contributed by atoms with Crippen molar-refractivity contribution in [2.45, 2.75) is 32.4 Å². The van der Waals surface area contributed by atoms with Crippen LogP contribution in [0.3, 0.4) is 0 Å². The topological polar surface area (TPSA) is 30.9 Å². The van der Waals surface area contributed by atoms with Crippen LogP contribution >= 0.6 is 11.6 Å². The number of nitrogens with zero attached hydrogens (tertiary/aromatic N) is 1. The average molecular weight is 314 g/mol. The molecule has 0 aliphatic carbocycles. The molecule has 1 aliphatic heterocycles. The molecule has 1 saturated heterocycles. The van der Waals surface area contributed by atoms with Gasteiger partial charge >= 0.3 is 0 Å². The number of likely N-dealkylation sites (tertiary alicyclic amines) is 1. The Bertz CT molecular complexity index is 467. The Labute approximate surface area is 131 Å². The predicted molar refractivity (Wildman–Crippen MR) is 84.5 cm³/mol. The average Bonchev–Trinajstić information content (AvgIpc) is 2.50. The minimum Gasteiger partial charge on any atom is -0.493 e. The van der Waals surface area contributed by atoms with Gasteiger partial charge in [-0.2, -0.15) is 0 Å². The lowest BCUT2D eigenvalue weighted by Crippen LogP contribution is -2.38. The van der Waals surface area contributed by atoms with Crippen LogP contribution in [0.4, 0.5) is 0 Å². The van der Waals surface area contributed by atoms with Gasteiger partial charge in [0.2, 0.25) is 0 Å². The molecule has 0 N–H and O–H groups in total. The minimum atomic E-state index is 0.321. The van der Waals surface area contributed by atoms with Gasteiger partial charge in [-0.3, -0.25) is 4.90 Å². The Hall–Kier alpha value is -0.970. The summed E-state index contributed by atoms with van der Waals surface area (Å²) in [5.41, 5.74) is 1.06. The molecule has 1 aromatic carbocycles. The zero-order chi connectivity index (χ0) is 15.2. The second-order valence-electron chi connectivity index (χ2n) is 5.26. The Kier molecular flexibility index (Phi) is 6.15. The highest BCUT2D eigenvalue weighted by molar-refractivity contribution is 6.31. The molecule has 1 atom stereocenters. The standard InChI is InChI=1S/C16H24ClNO3/c1-4-21-16-9-14(17)12(8-15(16)20-3)10-18-7-5-6-13(11-18)19-2/h8-9,13H,4-7,10-11H2,1-3H3/t13-/m1/s1.